The summed E-state index contributed by atoms with van der Waals surface area (Å²) in [6.45, 7) is 0. The molecule has 0 amide bonds. The Kier molecular flexibility index (Phi) is 1.49. The number of allylic oxidation sites excluding steroid dienone is 2. The first-order valence-corrected chi connectivity index (χ1v) is 5.84. The van der Waals surface area contributed by atoms with E-state index < -0.39 is 0 Å². The standard InChI is InChI=1S/C16H12/c1-3-11-7-9-13-5-2-6-14-10-8-12(4-1)15(11)16(13)14/h1-3,5,7-10H,4,6H2. The lowest BCUT2D eigenvalue weighted by atomic mass is 9.85. The molecular weight excluding hydrogens is 192 g/mol. The van der Waals surface area contributed by atoms with Crippen LogP contribution in [-0.4, -0.2) is 0 Å². The van der Waals surface area contributed by atoms with E-state index in [-0.39, 0.29) is 0 Å². The fourth-order valence-electron chi connectivity index (χ4n) is 2.94. The zero-order chi connectivity index (χ0) is 10.5. The Labute approximate surface area is 94.9 Å². The van der Waals surface area contributed by atoms with Gasteiger partial charge >= 0.3 is 0 Å². The molecule has 0 aromatic heterocycles. The third kappa shape index (κ3) is 0.943. The molecule has 0 bridgehead atoms. The molecule has 0 saturated heterocycles. The zero-order valence-corrected chi connectivity index (χ0v) is 9.03. The topological polar surface area (TPSA) is 0 Å². The minimum Gasteiger partial charge on any atom is -0.0795 e. The summed E-state index contributed by atoms with van der Waals surface area (Å²) in [6, 6.07) is 9.09. The lowest BCUT2D eigenvalue weighted by Gasteiger charge is -2.19. The van der Waals surface area contributed by atoms with Gasteiger partial charge in [0.25, 0.3) is 0 Å². The Hall–Kier alpha value is -1.82. The summed E-state index contributed by atoms with van der Waals surface area (Å²) in [5.74, 6) is 0. The quantitative estimate of drug-likeness (QED) is 0.609. The van der Waals surface area contributed by atoms with E-state index in [1.165, 1.54) is 33.0 Å². The highest BCUT2D eigenvalue weighted by molar-refractivity contribution is 6.02. The molecule has 16 heavy (non-hydrogen) atoms. The van der Waals surface area contributed by atoms with Gasteiger partial charge in [0.2, 0.25) is 0 Å². The Bertz CT molecular complexity index is 599. The van der Waals surface area contributed by atoms with E-state index in [1.54, 1.807) is 0 Å². The highest BCUT2D eigenvalue weighted by Gasteiger charge is 2.14. The van der Waals surface area contributed by atoms with Gasteiger partial charge in [0.1, 0.15) is 0 Å². The summed E-state index contributed by atoms with van der Waals surface area (Å²) < 4.78 is 0. The summed E-state index contributed by atoms with van der Waals surface area (Å²) in [5, 5.41) is 2.98. The Balaban J connectivity index is 2.29. The van der Waals surface area contributed by atoms with Crippen molar-refractivity contribution >= 4 is 22.9 Å². The van der Waals surface area contributed by atoms with Crippen molar-refractivity contribution in [2.75, 3.05) is 0 Å². The van der Waals surface area contributed by atoms with Crippen LogP contribution in [0.4, 0.5) is 0 Å². The minimum atomic E-state index is 1.08. The highest BCUT2D eigenvalue weighted by Crippen LogP contribution is 2.35. The molecule has 0 N–H and O–H groups in total. The smallest absolute Gasteiger partial charge is 0.00674 e. The molecule has 0 spiro atoms. The monoisotopic (exact) mass is 204 g/mol. The normalized spacial score (nSPS) is 15.8. The van der Waals surface area contributed by atoms with Gasteiger partial charge in [0, 0.05) is 0 Å². The van der Waals surface area contributed by atoms with Crippen molar-refractivity contribution in [2.45, 2.75) is 12.8 Å². The number of benzene rings is 2. The highest BCUT2D eigenvalue weighted by atomic mass is 14.2. The Morgan fingerprint density at radius 1 is 0.625 bits per heavy atom. The number of hydrogen-bond donors (Lipinski definition) is 0. The first kappa shape index (κ1) is 8.35. The molecule has 0 aliphatic heterocycles. The fourth-order valence-corrected chi connectivity index (χ4v) is 2.94. The van der Waals surface area contributed by atoms with Crippen molar-refractivity contribution in [1.29, 1.82) is 0 Å². The molecular formula is C16H12. The molecule has 0 atom stereocenters. The Morgan fingerprint density at radius 3 is 1.62 bits per heavy atom. The van der Waals surface area contributed by atoms with Gasteiger partial charge in [-0.1, -0.05) is 48.6 Å². The van der Waals surface area contributed by atoms with Crippen molar-refractivity contribution in [3.8, 4) is 0 Å². The maximum Gasteiger partial charge on any atom is -0.00674 e. The third-order valence-corrected chi connectivity index (χ3v) is 3.67. The maximum atomic E-state index is 2.30. The average Bonchev–Trinajstić information content (AvgIpc) is 2.36. The van der Waals surface area contributed by atoms with E-state index in [0.29, 0.717) is 0 Å². The summed E-state index contributed by atoms with van der Waals surface area (Å²) in [5.41, 5.74) is 5.73. The van der Waals surface area contributed by atoms with Crippen molar-refractivity contribution < 1.29 is 0 Å². The molecule has 0 nitrogen and oxygen atoms in total. The van der Waals surface area contributed by atoms with Gasteiger partial charge < -0.3 is 0 Å². The summed E-state index contributed by atoms with van der Waals surface area (Å²) >= 11 is 0. The largest absolute Gasteiger partial charge is 0.0795 e. The van der Waals surface area contributed by atoms with Crippen molar-refractivity contribution in [3.63, 3.8) is 0 Å². The van der Waals surface area contributed by atoms with E-state index in [0.717, 1.165) is 12.8 Å². The van der Waals surface area contributed by atoms with Gasteiger partial charge in [-0.15, -0.1) is 0 Å². The molecule has 0 radical (unpaired) electrons. The molecule has 2 aliphatic carbocycles. The van der Waals surface area contributed by atoms with Gasteiger partial charge in [0.05, 0.1) is 0 Å². The molecule has 2 aliphatic rings. The molecule has 2 aromatic rings. The van der Waals surface area contributed by atoms with Gasteiger partial charge in [-0.2, -0.15) is 0 Å². The molecule has 0 heterocycles. The van der Waals surface area contributed by atoms with Crippen molar-refractivity contribution in [2.24, 2.45) is 0 Å². The van der Waals surface area contributed by atoms with Crippen LogP contribution in [0.2, 0.25) is 0 Å². The molecule has 0 heteroatoms. The van der Waals surface area contributed by atoms with Gasteiger partial charge in [-0.05, 0) is 45.9 Å². The molecule has 0 unspecified atom stereocenters. The van der Waals surface area contributed by atoms with Crippen molar-refractivity contribution in [1.82, 2.24) is 0 Å². The maximum absolute atomic E-state index is 2.30. The zero-order valence-electron chi connectivity index (χ0n) is 9.03. The van der Waals surface area contributed by atoms with Gasteiger partial charge in [-0.3, -0.25) is 0 Å². The summed E-state index contributed by atoms with van der Waals surface area (Å²) in [7, 11) is 0. The molecule has 4 rings (SSSR count). The summed E-state index contributed by atoms with van der Waals surface area (Å²) in [6.07, 6.45) is 11.2. The second-order valence-corrected chi connectivity index (χ2v) is 4.59. The van der Waals surface area contributed by atoms with Gasteiger partial charge in [0.15, 0.2) is 0 Å². The van der Waals surface area contributed by atoms with Crippen molar-refractivity contribution in [3.05, 3.63) is 58.7 Å². The van der Waals surface area contributed by atoms with E-state index in [4.69, 9.17) is 0 Å². The van der Waals surface area contributed by atoms with E-state index in [2.05, 4.69) is 48.6 Å². The van der Waals surface area contributed by atoms with E-state index >= 15 is 0 Å². The fraction of sp³-hybridized carbons (Fsp3) is 0.125. The molecule has 76 valence electrons. The van der Waals surface area contributed by atoms with Crippen LogP contribution in [0.15, 0.2) is 36.4 Å². The molecule has 2 aromatic carbocycles. The SMILES string of the molecule is C1=Cc2ccc3c4c(ccc(c24)C1)CC=C3. The predicted octanol–water partition coefficient (Wildman–Crippen LogP) is 3.98. The number of hydrogen-bond acceptors (Lipinski definition) is 0. The van der Waals surface area contributed by atoms with Crippen LogP contribution < -0.4 is 0 Å². The third-order valence-electron chi connectivity index (χ3n) is 3.67. The number of rotatable bonds is 0. The van der Waals surface area contributed by atoms with Crippen LogP contribution in [0.1, 0.15) is 22.3 Å². The molecule has 0 fully saturated rings. The van der Waals surface area contributed by atoms with E-state index in [9.17, 15) is 0 Å². The van der Waals surface area contributed by atoms with Crippen LogP contribution in [0.5, 0.6) is 0 Å². The second-order valence-electron chi connectivity index (χ2n) is 4.59. The van der Waals surface area contributed by atoms with Gasteiger partial charge in [-0.25, -0.2) is 0 Å². The van der Waals surface area contributed by atoms with Crippen LogP contribution in [0, 0.1) is 0 Å². The minimum absolute atomic E-state index is 1.08. The average molecular weight is 204 g/mol. The predicted molar refractivity (Wildman–Crippen MR) is 69.4 cm³/mol. The second kappa shape index (κ2) is 2.85. The molecule has 0 saturated carbocycles. The Morgan fingerprint density at radius 2 is 1.12 bits per heavy atom. The van der Waals surface area contributed by atoms with Crippen LogP contribution in [-0.2, 0) is 12.8 Å². The van der Waals surface area contributed by atoms with Crippen LogP contribution in [0.3, 0.4) is 0 Å². The van der Waals surface area contributed by atoms with Crippen LogP contribution >= 0.6 is 0 Å². The first-order valence-electron chi connectivity index (χ1n) is 5.84. The lowest BCUT2D eigenvalue weighted by Crippen LogP contribution is -1.99. The summed E-state index contributed by atoms with van der Waals surface area (Å²) in [4.78, 5) is 0. The lowest BCUT2D eigenvalue weighted by molar-refractivity contribution is 1.24. The van der Waals surface area contributed by atoms with E-state index in [1.807, 2.05) is 0 Å². The first-order chi connectivity index (χ1) is 7.93. The van der Waals surface area contributed by atoms with Crippen LogP contribution in [0.25, 0.3) is 22.9 Å².